The summed E-state index contributed by atoms with van der Waals surface area (Å²) >= 11 is 4.73. The molecule has 1 aliphatic heterocycles. The number of pyridine rings is 1. The van der Waals surface area contributed by atoms with Crippen LogP contribution in [0.2, 0.25) is 0 Å². The zero-order chi connectivity index (χ0) is 26.7. The minimum absolute atomic E-state index is 0.0107. The van der Waals surface area contributed by atoms with E-state index in [1.54, 1.807) is 45.2 Å². The van der Waals surface area contributed by atoms with E-state index in [0.29, 0.717) is 38.6 Å². The fourth-order valence-electron chi connectivity index (χ4n) is 3.73. The van der Waals surface area contributed by atoms with Gasteiger partial charge in [0.2, 0.25) is 11.8 Å². The summed E-state index contributed by atoms with van der Waals surface area (Å²) in [7, 11) is 1.51. The number of methoxy groups -OCH3 is 1. The number of likely N-dealkylation sites (tertiary alicyclic amines) is 1. The first-order chi connectivity index (χ1) is 17.5. The predicted molar refractivity (Wildman–Crippen MR) is 141 cm³/mol. The summed E-state index contributed by atoms with van der Waals surface area (Å²) in [4.78, 5) is 32.2. The summed E-state index contributed by atoms with van der Waals surface area (Å²) in [5.41, 5.74) is -0.0808. The molecule has 0 saturated carbocycles. The third kappa shape index (κ3) is 7.04. The highest BCUT2D eigenvalue weighted by molar-refractivity contribution is 9.10. The number of alkyl halides is 1. The van der Waals surface area contributed by atoms with Crippen molar-refractivity contribution in [2.24, 2.45) is 0 Å². The molecule has 2 atom stereocenters. The van der Waals surface area contributed by atoms with E-state index in [9.17, 15) is 9.18 Å². The van der Waals surface area contributed by atoms with E-state index in [4.69, 9.17) is 14.2 Å². The lowest BCUT2D eigenvalue weighted by atomic mass is 10.0. The third-order valence-corrected chi connectivity index (χ3v) is 6.58. The molecule has 4 heterocycles. The van der Waals surface area contributed by atoms with Crippen LogP contribution in [0.5, 0.6) is 17.5 Å². The van der Waals surface area contributed by atoms with Crippen LogP contribution in [0.15, 0.2) is 29.0 Å². The summed E-state index contributed by atoms with van der Waals surface area (Å²) in [6, 6.07) is 4.83. The number of ether oxygens (including phenoxy) is 3. The topological polar surface area (TPSA) is 112 Å². The molecule has 0 bridgehead atoms. The summed E-state index contributed by atoms with van der Waals surface area (Å²) < 4.78 is 31.9. The van der Waals surface area contributed by atoms with Crippen LogP contribution >= 0.6 is 27.3 Å². The average Bonchev–Trinajstić information content (AvgIpc) is 3.19. The van der Waals surface area contributed by atoms with Crippen molar-refractivity contribution < 1.29 is 23.4 Å². The van der Waals surface area contributed by atoms with Crippen LogP contribution in [0.4, 0.5) is 15.1 Å². The SMILES string of the molecule is COc1nc(Br)ccc1Oc1nc(C)sc1-c1ccnc(N[C@H]2C[C@H](F)CN(C(=O)OC(C)(C)C)C2)n1. The van der Waals surface area contributed by atoms with Gasteiger partial charge >= 0.3 is 6.09 Å². The van der Waals surface area contributed by atoms with Gasteiger partial charge in [0, 0.05) is 25.2 Å². The molecule has 0 spiro atoms. The van der Waals surface area contributed by atoms with Gasteiger partial charge in [-0.3, -0.25) is 0 Å². The molecule has 13 heteroatoms. The second-order valence-corrected chi connectivity index (χ2v) is 11.5. The minimum Gasteiger partial charge on any atom is -0.478 e. The second kappa shape index (κ2) is 11.1. The number of piperidine rings is 1. The van der Waals surface area contributed by atoms with Gasteiger partial charge in [0.25, 0.3) is 5.88 Å². The second-order valence-electron chi connectivity index (χ2n) is 9.44. The Bertz CT molecular complexity index is 1270. The molecule has 4 rings (SSSR count). The molecule has 198 valence electrons. The van der Waals surface area contributed by atoms with E-state index in [0.717, 1.165) is 5.01 Å². The molecule has 0 radical (unpaired) electrons. The molecule has 1 amide bonds. The van der Waals surface area contributed by atoms with Crippen molar-refractivity contribution in [3.05, 3.63) is 34.0 Å². The number of hydrogen-bond donors (Lipinski definition) is 1. The monoisotopic (exact) mass is 594 g/mol. The highest BCUT2D eigenvalue weighted by Crippen LogP contribution is 2.39. The molecule has 3 aromatic heterocycles. The molecule has 3 aromatic rings. The number of aromatic nitrogens is 4. The third-order valence-electron chi connectivity index (χ3n) is 5.17. The number of amides is 1. The number of carbonyl (C=O) groups is 1. The Kier molecular flexibility index (Phi) is 8.12. The van der Waals surface area contributed by atoms with Crippen LogP contribution in [-0.4, -0.2) is 68.9 Å². The Morgan fingerprint density at radius 1 is 1.19 bits per heavy atom. The van der Waals surface area contributed by atoms with Gasteiger partial charge in [-0.1, -0.05) is 0 Å². The van der Waals surface area contributed by atoms with Gasteiger partial charge < -0.3 is 24.4 Å². The van der Waals surface area contributed by atoms with E-state index >= 15 is 0 Å². The molecule has 37 heavy (non-hydrogen) atoms. The first-order valence-corrected chi connectivity index (χ1v) is 13.2. The Morgan fingerprint density at radius 3 is 2.70 bits per heavy atom. The van der Waals surface area contributed by atoms with Crippen molar-refractivity contribution in [1.82, 2.24) is 24.8 Å². The van der Waals surface area contributed by atoms with E-state index in [1.807, 2.05) is 6.92 Å². The molecule has 1 saturated heterocycles. The smallest absolute Gasteiger partial charge is 0.410 e. The normalized spacial score (nSPS) is 17.9. The Balaban J connectivity index is 1.52. The standard InChI is InChI=1S/C24H28BrFN6O4S/c1-13-28-21(35-17-6-7-18(25)31-20(17)34-5)19(37-13)16-8-9-27-22(30-16)29-15-10-14(26)11-32(12-15)23(33)36-24(2,3)4/h6-9,14-15H,10-12H2,1-5H3,(H,27,29,30)/t14-,15-/m0/s1. The number of nitrogens with zero attached hydrogens (tertiary/aromatic N) is 5. The highest BCUT2D eigenvalue weighted by atomic mass is 79.9. The zero-order valence-electron chi connectivity index (χ0n) is 21.1. The van der Waals surface area contributed by atoms with Crippen LogP contribution in [0.25, 0.3) is 10.6 Å². The molecule has 0 unspecified atom stereocenters. The zero-order valence-corrected chi connectivity index (χ0v) is 23.5. The fourth-order valence-corrected chi connectivity index (χ4v) is 4.84. The first kappa shape index (κ1) is 27.0. The highest BCUT2D eigenvalue weighted by Gasteiger charge is 2.33. The number of anilines is 1. The Morgan fingerprint density at radius 2 is 1.97 bits per heavy atom. The van der Waals surface area contributed by atoms with E-state index in [1.165, 1.54) is 23.3 Å². The van der Waals surface area contributed by atoms with Gasteiger partial charge in [-0.25, -0.2) is 29.1 Å². The number of aryl methyl sites for hydroxylation is 1. The van der Waals surface area contributed by atoms with Crippen molar-refractivity contribution in [2.75, 3.05) is 25.5 Å². The lowest BCUT2D eigenvalue weighted by Crippen LogP contribution is -2.51. The van der Waals surface area contributed by atoms with Gasteiger partial charge in [-0.05, 0) is 61.8 Å². The maximum absolute atomic E-state index is 14.5. The van der Waals surface area contributed by atoms with Crippen molar-refractivity contribution in [2.45, 2.75) is 51.9 Å². The maximum Gasteiger partial charge on any atom is 0.410 e. The molecule has 0 aliphatic carbocycles. The van der Waals surface area contributed by atoms with Gasteiger partial charge in [0.1, 0.15) is 21.3 Å². The number of nitrogens with one attached hydrogen (secondary N) is 1. The van der Waals surface area contributed by atoms with Crippen LogP contribution in [-0.2, 0) is 4.74 Å². The van der Waals surface area contributed by atoms with Crippen LogP contribution < -0.4 is 14.8 Å². The Hall–Kier alpha value is -3.06. The van der Waals surface area contributed by atoms with E-state index in [-0.39, 0.29) is 25.6 Å². The molecule has 1 aliphatic rings. The number of rotatable bonds is 6. The molecular weight excluding hydrogens is 567 g/mol. The molecular formula is C24H28BrFN6O4S. The first-order valence-electron chi connectivity index (χ1n) is 11.6. The largest absolute Gasteiger partial charge is 0.478 e. The van der Waals surface area contributed by atoms with Crippen molar-refractivity contribution in [1.29, 1.82) is 0 Å². The van der Waals surface area contributed by atoms with Gasteiger partial charge in [-0.2, -0.15) is 0 Å². The van der Waals surface area contributed by atoms with E-state index < -0.39 is 17.9 Å². The molecule has 1 fully saturated rings. The van der Waals surface area contributed by atoms with Crippen LogP contribution in [0.3, 0.4) is 0 Å². The summed E-state index contributed by atoms with van der Waals surface area (Å²) in [5.74, 6) is 1.37. The van der Waals surface area contributed by atoms with Gasteiger partial charge in [0.05, 0.1) is 24.4 Å². The van der Waals surface area contributed by atoms with Gasteiger partial charge in [-0.15, -0.1) is 11.3 Å². The number of halogens is 2. The molecule has 10 nitrogen and oxygen atoms in total. The average molecular weight is 595 g/mol. The lowest BCUT2D eigenvalue weighted by Gasteiger charge is -2.36. The Labute approximate surface area is 226 Å². The quantitative estimate of drug-likeness (QED) is 0.363. The van der Waals surface area contributed by atoms with Crippen molar-refractivity contribution in [3.8, 4) is 28.1 Å². The predicted octanol–water partition coefficient (Wildman–Crippen LogP) is 5.63. The van der Waals surface area contributed by atoms with Gasteiger partial charge in [0.15, 0.2) is 5.75 Å². The fraction of sp³-hybridized carbons (Fsp3) is 0.458. The van der Waals surface area contributed by atoms with Crippen LogP contribution in [0.1, 0.15) is 32.2 Å². The van der Waals surface area contributed by atoms with Crippen molar-refractivity contribution in [3.63, 3.8) is 0 Å². The number of hydrogen-bond acceptors (Lipinski definition) is 10. The summed E-state index contributed by atoms with van der Waals surface area (Å²) in [6.07, 6.45) is 0.0842. The molecule has 0 aromatic carbocycles. The lowest BCUT2D eigenvalue weighted by molar-refractivity contribution is 0.0124. The summed E-state index contributed by atoms with van der Waals surface area (Å²) in [5, 5.41) is 3.95. The minimum atomic E-state index is -1.19. The van der Waals surface area contributed by atoms with Crippen LogP contribution in [0, 0.1) is 6.92 Å². The summed E-state index contributed by atoms with van der Waals surface area (Å²) in [6.45, 7) is 7.46. The molecule has 1 N–H and O–H groups in total. The van der Waals surface area contributed by atoms with E-state index in [2.05, 4.69) is 41.2 Å². The maximum atomic E-state index is 14.5. The van der Waals surface area contributed by atoms with Crippen molar-refractivity contribution >= 4 is 39.3 Å². The number of carbonyl (C=O) groups excluding carboxylic acids is 1. The number of thiazole rings is 1.